The van der Waals surface area contributed by atoms with Crippen molar-refractivity contribution < 1.29 is 101 Å². The van der Waals surface area contributed by atoms with Crippen LogP contribution in [-0.4, -0.2) is 233 Å². The zero-order chi connectivity index (χ0) is 80.4. The Labute approximate surface area is 641 Å². The molecule has 2 aliphatic rings. The third kappa shape index (κ3) is 28.4. The number of carboxylic acid groups (broad SMARTS) is 1. The van der Waals surface area contributed by atoms with Crippen LogP contribution in [0, 0.1) is 47.3 Å². The third-order valence-corrected chi connectivity index (χ3v) is 20.2. The molecule has 29 heteroatoms. The molecule has 0 bridgehead atoms. The zero-order valence-electron chi connectivity index (χ0n) is 65.8. The van der Waals surface area contributed by atoms with E-state index in [1.54, 1.807) is 100.0 Å². The summed E-state index contributed by atoms with van der Waals surface area (Å²) < 4.78 is 39.9. The number of fused-ring (bicyclic) bond motifs is 1. The van der Waals surface area contributed by atoms with Crippen LogP contribution in [0.3, 0.4) is 0 Å². The minimum atomic E-state index is -1.07. The number of likely N-dealkylation sites (N-methyl/N-ethyl adjacent to an activating group) is 2. The number of methoxy groups -OCH3 is 2. The lowest BCUT2D eigenvalue weighted by Crippen LogP contribution is -2.54. The summed E-state index contributed by atoms with van der Waals surface area (Å²) in [6.45, 7) is 18.6. The van der Waals surface area contributed by atoms with Crippen LogP contribution in [0.15, 0.2) is 78.9 Å². The molecule has 29 nitrogen and oxygen atoms in total. The number of urea groups is 1. The number of ether oxygens (including phenoxy) is 7. The number of hydrogen-bond donors (Lipinski definition) is 5. The predicted molar refractivity (Wildman–Crippen MR) is 404 cm³/mol. The van der Waals surface area contributed by atoms with Crippen molar-refractivity contribution in [3.8, 4) is 0 Å². The molecule has 2 aliphatic heterocycles. The molecule has 6 N–H and O–H groups in total. The lowest BCUT2D eigenvalue weighted by atomic mass is 9.83. The summed E-state index contributed by atoms with van der Waals surface area (Å²) in [4.78, 5) is 171. The Kier molecular flexibility index (Phi) is 39.1. The number of amides is 9. The molecule has 11 atom stereocenters. The summed E-state index contributed by atoms with van der Waals surface area (Å²) in [5.41, 5.74) is 7.59. The van der Waals surface area contributed by atoms with Crippen LogP contribution in [-0.2, 0) is 89.4 Å². The first-order valence-electron chi connectivity index (χ1n) is 38.0. The lowest BCUT2D eigenvalue weighted by Gasteiger charge is -2.41. The maximum Gasteiger partial charge on any atom is 0.410 e. The minimum absolute atomic E-state index is 0.00503. The Hall–Kier alpha value is -8.58. The van der Waals surface area contributed by atoms with Crippen molar-refractivity contribution >= 4 is 76.6 Å². The second-order valence-electron chi connectivity index (χ2n) is 29.1. The number of carbonyl (C=O) groups excluding carboxylic acids is 11. The quantitative estimate of drug-likeness (QED) is 0.0263. The summed E-state index contributed by atoms with van der Waals surface area (Å²) >= 11 is 0. The number of carbonyl (C=O) groups is 12. The smallest absolute Gasteiger partial charge is 0.410 e. The lowest BCUT2D eigenvalue weighted by molar-refractivity contribution is -0.149. The maximum atomic E-state index is 14.9. The Balaban J connectivity index is 1.08. The molecule has 0 radical (unpaired) electrons. The topological polar surface area (TPSA) is 374 Å². The van der Waals surface area contributed by atoms with E-state index in [4.69, 9.17) is 43.7 Å². The van der Waals surface area contributed by atoms with Crippen LogP contribution in [0.25, 0.3) is 0 Å². The van der Waals surface area contributed by atoms with Crippen molar-refractivity contribution in [1.29, 1.82) is 0 Å². The first-order chi connectivity index (χ1) is 51.9. The maximum absolute atomic E-state index is 14.9. The number of aliphatic carboxylic acids is 1. The Morgan fingerprint density at radius 3 is 1.76 bits per heavy atom. The second-order valence-corrected chi connectivity index (χ2v) is 29.1. The van der Waals surface area contributed by atoms with E-state index in [9.17, 15) is 62.6 Å². The molecule has 0 aliphatic carbocycles. The van der Waals surface area contributed by atoms with Crippen LogP contribution in [0.4, 0.5) is 15.3 Å². The standard InChI is InChI=1S/C80H118N8O21/c1-14-53(8)72(67(102-12)48-69(93)87-34-21-27-63(87)73(103-13)54(9)64(89)46-58(78(98)99)44-55-22-16-15-17-23-55)85(10)75(95)62(50(2)3)47-66(91)71(52(6)7)86(11)80(101)108-49-56-28-30-59(31-29-56)83-74(94)57(24-20-33-82-79(81)100)45-65(90)70(51(4)5)84-68(92)32-35-104-36-37-105-38-39-106-40-41-107-42-43-109-88-76(96)60-25-18-19-26-61(60)77(88)97/h15-19,22-23,25-26,28-31,50-54,57-58,62-63,67,70-73H,14,20-21,24,27,32-49H2,1-13H3,(H,83,94)(H,84,92)(H,98,99)(H3,81,82,100)/t53-,54-,57+,58+,62-,63-,67+,70-,71-,72-,73+/m0/s1. The van der Waals surface area contributed by atoms with Crippen LogP contribution in [0.5, 0.6) is 0 Å². The molecule has 9 amide bonds. The highest BCUT2D eigenvalue weighted by molar-refractivity contribution is 6.20. The molecular weight excluding hydrogens is 1410 g/mol. The Morgan fingerprint density at radius 1 is 0.642 bits per heavy atom. The monoisotopic (exact) mass is 1530 g/mol. The zero-order valence-corrected chi connectivity index (χ0v) is 65.8. The average Bonchev–Trinajstić information content (AvgIpc) is 1.68. The molecule has 0 unspecified atom stereocenters. The van der Waals surface area contributed by atoms with Crippen molar-refractivity contribution in [2.45, 2.75) is 176 Å². The van der Waals surface area contributed by atoms with Crippen LogP contribution >= 0.6 is 0 Å². The number of hydroxylamine groups is 2. The van der Waals surface area contributed by atoms with Gasteiger partial charge in [0.25, 0.3) is 11.8 Å². The first-order valence-corrected chi connectivity index (χ1v) is 38.0. The number of likely N-dealkylation sites (tertiary alicyclic amines) is 1. The fourth-order valence-electron chi connectivity index (χ4n) is 14.0. The summed E-state index contributed by atoms with van der Waals surface area (Å²) in [5.74, 6) is -9.23. The van der Waals surface area contributed by atoms with Crippen LogP contribution in [0.2, 0.25) is 0 Å². The molecule has 604 valence electrons. The number of nitrogens with zero attached hydrogens (tertiary/aromatic N) is 4. The Morgan fingerprint density at radius 2 is 1.22 bits per heavy atom. The fourth-order valence-corrected chi connectivity index (χ4v) is 14.0. The van der Waals surface area contributed by atoms with E-state index in [0.29, 0.717) is 54.6 Å². The van der Waals surface area contributed by atoms with Gasteiger partial charge in [0.05, 0.1) is 119 Å². The SMILES string of the molecule is CC[C@H](C)[C@@H]([C@@H](CC(=O)N1CCC[C@H]1[C@H](OC)[C@@H](C)C(=O)C[C@@H](Cc1ccccc1)C(=O)O)OC)N(C)C(=O)[C@@H](CC(=O)[C@H](C(C)C)N(C)C(=O)OCc1ccc(NC(=O)[C@H](CCCNC(N)=O)CC(=O)[C@@H](NC(=O)CCOCCOCCOCCOCCON2C(=O)c3ccccc3C2=O)C(C)C)cc1)C(C)C. The Bertz CT molecular complexity index is 3410. The van der Waals surface area contributed by atoms with Crippen molar-refractivity contribution in [2.24, 2.45) is 53.1 Å². The van der Waals surface area contributed by atoms with Crippen molar-refractivity contribution in [2.75, 3.05) is 106 Å². The number of carboxylic acids is 1. The number of hydrogen-bond acceptors (Lipinski definition) is 20. The van der Waals surface area contributed by atoms with Gasteiger partial charge in [-0.3, -0.25) is 52.8 Å². The van der Waals surface area contributed by atoms with E-state index in [0.717, 1.165) is 10.6 Å². The summed E-state index contributed by atoms with van der Waals surface area (Å²) in [6, 6.07) is 18.3. The number of anilines is 1. The summed E-state index contributed by atoms with van der Waals surface area (Å²) in [5, 5.41) is 19.0. The van der Waals surface area contributed by atoms with Crippen LogP contribution in [0.1, 0.15) is 158 Å². The molecule has 109 heavy (non-hydrogen) atoms. The number of primary amides is 1. The molecule has 1 fully saturated rings. The van der Waals surface area contributed by atoms with Gasteiger partial charge >= 0.3 is 18.1 Å². The number of Topliss-reactive ketones (excluding diaryl/α,β-unsaturated/α-hetero) is 3. The highest BCUT2D eigenvalue weighted by atomic mass is 16.7. The van der Waals surface area contributed by atoms with E-state index in [-0.39, 0.29) is 164 Å². The van der Waals surface area contributed by atoms with Gasteiger partial charge in [-0.05, 0) is 91.2 Å². The summed E-state index contributed by atoms with van der Waals surface area (Å²) in [7, 11) is 6.12. The van der Waals surface area contributed by atoms with Gasteiger partial charge in [-0.1, -0.05) is 123 Å². The number of rotatable bonds is 52. The second kappa shape index (κ2) is 46.8. The normalized spacial score (nSPS) is 16.3. The molecule has 0 spiro atoms. The number of nitrogens with two attached hydrogens (primary N) is 1. The molecular formula is C80H118N8O21. The molecule has 3 aromatic rings. The average molecular weight is 1530 g/mol. The van der Waals surface area contributed by atoms with Gasteiger partial charge in [-0.25, -0.2) is 9.59 Å². The van der Waals surface area contributed by atoms with E-state index in [1.165, 1.54) is 26.2 Å². The van der Waals surface area contributed by atoms with E-state index in [1.807, 2.05) is 58.0 Å². The number of nitrogens with one attached hydrogen (secondary N) is 3. The highest BCUT2D eigenvalue weighted by Gasteiger charge is 2.45. The molecule has 2 heterocycles. The molecule has 1 saturated heterocycles. The van der Waals surface area contributed by atoms with Gasteiger partial charge < -0.3 is 74.6 Å². The van der Waals surface area contributed by atoms with E-state index >= 15 is 0 Å². The first kappa shape index (κ1) is 91.0. The van der Waals surface area contributed by atoms with E-state index in [2.05, 4.69) is 16.0 Å². The largest absolute Gasteiger partial charge is 0.481 e. The molecule has 0 saturated carbocycles. The van der Waals surface area contributed by atoms with Gasteiger partial charge in [0.15, 0.2) is 11.6 Å². The molecule has 0 aromatic heterocycles. The number of benzene rings is 3. The van der Waals surface area contributed by atoms with Crippen molar-refractivity contribution in [3.05, 3.63) is 101 Å². The third-order valence-electron chi connectivity index (χ3n) is 20.2. The highest BCUT2D eigenvalue weighted by Crippen LogP contribution is 2.33. The van der Waals surface area contributed by atoms with Crippen LogP contribution < -0.4 is 21.7 Å². The predicted octanol–water partition coefficient (Wildman–Crippen LogP) is 8.12. The molecule has 3 aromatic carbocycles. The van der Waals surface area contributed by atoms with E-state index < -0.39 is 108 Å². The van der Waals surface area contributed by atoms with Gasteiger partial charge in [0.1, 0.15) is 12.4 Å². The van der Waals surface area contributed by atoms with Crippen molar-refractivity contribution in [3.63, 3.8) is 0 Å². The number of imide groups is 1. The number of ketones is 3. The summed E-state index contributed by atoms with van der Waals surface area (Å²) in [6.07, 6.45) is -0.576. The van der Waals surface area contributed by atoms with Gasteiger partial charge in [-0.2, -0.15) is 0 Å². The van der Waals surface area contributed by atoms with Gasteiger partial charge in [0, 0.05) is 90.5 Å². The van der Waals surface area contributed by atoms with Gasteiger partial charge in [-0.15, -0.1) is 5.06 Å². The van der Waals surface area contributed by atoms with Gasteiger partial charge in [0.2, 0.25) is 23.6 Å². The van der Waals surface area contributed by atoms with Crippen molar-refractivity contribution in [1.82, 2.24) is 30.4 Å². The minimum Gasteiger partial charge on any atom is -0.481 e. The molecule has 5 rings (SSSR count). The fraction of sp³-hybridized carbons (Fsp3) is 0.625.